The first-order chi connectivity index (χ1) is 10.6. The maximum Gasteiger partial charge on any atom is 0.0628 e. The average molecular weight is 321 g/mol. The predicted molar refractivity (Wildman–Crippen MR) is 98.3 cm³/mol. The lowest BCUT2D eigenvalue weighted by Crippen LogP contribution is -2.51. The molecule has 0 heterocycles. The largest absolute Gasteiger partial charge is 0.379 e. The number of fused-ring (bicyclic) bond motifs is 5. The molecule has 134 valence electrons. The Morgan fingerprint density at radius 2 is 1.70 bits per heavy atom. The quantitative estimate of drug-likeness (QED) is 0.588. The summed E-state index contributed by atoms with van der Waals surface area (Å²) in [4.78, 5) is 0. The summed E-state index contributed by atoms with van der Waals surface area (Å²) in [7, 11) is 1.89. The Hall–Kier alpha value is -0.0400. The van der Waals surface area contributed by atoms with Gasteiger partial charge in [0, 0.05) is 7.11 Å². The van der Waals surface area contributed by atoms with Crippen LogP contribution in [-0.4, -0.2) is 12.7 Å². The summed E-state index contributed by atoms with van der Waals surface area (Å²) in [5.41, 5.74) is 0.870. The number of ether oxygens (including phenoxy) is 1. The molecule has 3 aliphatic carbocycles. The molecule has 0 N–H and O–H groups in total. The van der Waals surface area contributed by atoms with E-state index in [-0.39, 0.29) is 5.60 Å². The molecule has 0 aromatic rings. The van der Waals surface area contributed by atoms with Gasteiger partial charge >= 0.3 is 0 Å². The lowest BCUT2D eigenvalue weighted by molar-refractivity contribution is -0.108. The molecule has 0 amide bonds. The number of rotatable bonds is 5. The molecule has 0 aromatic heterocycles. The van der Waals surface area contributed by atoms with Crippen molar-refractivity contribution in [1.82, 2.24) is 0 Å². The normalized spacial score (nSPS) is 48.0. The minimum absolute atomic E-state index is 0.00350. The van der Waals surface area contributed by atoms with Crippen LogP contribution in [0, 0.1) is 46.3 Å². The number of methoxy groups -OCH3 is 1. The third-order valence-electron chi connectivity index (χ3n) is 8.98. The van der Waals surface area contributed by atoms with Crippen LogP contribution in [0.3, 0.4) is 0 Å². The lowest BCUT2D eigenvalue weighted by Gasteiger charge is -2.55. The molecule has 0 aliphatic heterocycles. The molecule has 0 saturated heterocycles. The van der Waals surface area contributed by atoms with Gasteiger partial charge in [-0.2, -0.15) is 0 Å². The van der Waals surface area contributed by atoms with E-state index in [9.17, 15) is 0 Å². The van der Waals surface area contributed by atoms with Crippen molar-refractivity contribution < 1.29 is 4.74 Å². The van der Waals surface area contributed by atoms with Crippen LogP contribution in [0.1, 0.15) is 80.6 Å². The van der Waals surface area contributed by atoms with Crippen LogP contribution in [0.2, 0.25) is 0 Å². The fourth-order valence-corrected chi connectivity index (χ4v) is 7.69. The third kappa shape index (κ3) is 2.35. The van der Waals surface area contributed by atoms with Crippen LogP contribution >= 0.6 is 0 Å². The second-order valence-electron chi connectivity index (χ2n) is 10.6. The topological polar surface area (TPSA) is 9.23 Å². The summed E-state index contributed by atoms with van der Waals surface area (Å²) < 4.78 is 5.87. The van der Waals surface area contributed by atoms with E-state index < -0.39 is 0 Å². The monoisotopic (exact) mass is 320 g/mol. The Morgan fingerprint density at radius 1 is 1.04 bits per heavy atom. The van der Waals surface area contributed by atoms with Gasteiger partial charge in [-0.3, -0.25) is 0 Å². The highest BCUT2D eigenvalue weighted by Crippen LogP contribution is 2.76. The van der Waals surface area contributed by atoms with Crippen molar-refractivity contribution in [2.75, 3.05) is 7.11 Å². The molecule has 3 aliphatic rings. The Morgan fingerprint density at radius 3 is 2.26 bits per heavy atom. The predicted octanol–water partition coefficient (Wildman–Crippen LogP) is 6.17. The van der Waals surface area contributed by atoms with Crippen LogP contribution in [0.4, 0.5) is 0 Å². The second-order valence-corrected chi connectivity index (χ2v) is 10.6. The van der Waals surface area contributed by atoms with Crippen LogP contribution in [0.15, 0.2) is 0 Å². The summed E-state index contributed by atoms with van der Waals surface area (Å²) in [5.74, 6) is 5.81. The average Bonchev–Trinajstić information content (AvgIpc) is 3.03. The number of hydrogen-bond donors (Lipinski definition) is 0. The van der Waals surface area contributed by atoms with Crippen molar-refractivity contribution in [1.29, 1.82) is 0 Å². The van der Waals surface area contributed by atoms with E-state index in [1.54, 1.807) is 0 Å². The highest BCUT2D eigenvalue weighted by Gasteiger charge is 2.70. The van der Waals surface area contributed by atoms with Crippen LogP contribution in [0.25, 0.3) is 0 Å². The summed E-state index contributed by atoms with van der Waals surface area (Å²) in [6.45, 7) is 17.3. The molecule has 7 unspecified atom stereocenters. The first-order valence-corrected chi connectivity index (χ1v) is 10.1. The van der Waals surface area contributed by atoms with Gasteiger partial charge < -0.3 is 4.74 Å². The van der Waals surface area contributed by atoms with Gasteiger partial charge in [-0.25, -0.2) is 0 Å². The first-order valence-electron chi connectivity index (χ1n) is 10.1. The van der Waals surface area contributed by atoms with E-state index in [1.807, 2.05) is 7.11 Å². The van der Waals surface area contributed by atoms with Crippen molar-refractivity contribution in [3.8, 4) is 0 Å². The lowest BCUT2D eigenvalue weighted by atomic mass is 9.50. The number of hydrogen-bond acceptors (Lipinski definition) is 1. The molecule has 3 rings (SSSR count). The van der Waals surface area contributed by atoms with Crippen molar-refractivity contribution in [3.05, 3.63) is 0 Å². The van der Waals surface area contributed by atoms with Gasteiger partial charge in [0.25, 0.3) is 0 Å². The van der Waals surface area contributed by atoms with Crippen LogP contribution < -0.4 is 0 Å². The molecule has 1 nitrogen and oxygen atoms in total. The van der Waals surface area contributed by atoms with Crippen molar-refractivity contribution >= 4 is 0 Å². The van der Waals surface area contributed by atoms with Gasteiger partial charge in [-0.15, -0.1) is 0 Å². The first kappa shape index (κ1) is 17.8. The fourth-order valence-electron chi connectivity index (χ4n) is 7.69. The summed E-state index contributed by atoms with van der Waals surface area (Å²) >= 11 is 0. The van der Waals surface area contributed by atoms with E-state index in [2.05, 4.69) is 48.5 Å². The second kappa shape index (κ2) is 5.48. The maximum absolute atomic E-state index is 5.87. The van der Waals surface area contributed by atoms with E-state index in [0.717, 1.165) is 35.5 Å². The third-order valence-corrected chi connectivity index (χ3v) is 8.98. The Balaban J connectivity index is 1.95. The minimum Gasteiger partial charge on any atom is -0.379 e. The van der Waals surface area contributed by atoms with E-state index in [4.69, 9.17) is 4.74 Å². The fraction of sp³-hybridized carbons (Fsp3) is 1.00. The Kier molecular flexibility index (Phi) is 4.23. The molecule has 3 fully saturated rings. The zero-order chi connectivity index (χ0) is 17.2. The zero-order valence-electron chi connectivity index (χ0n) is 16.9. The maximum atomic E-state index is 5.87. The van der Waals surface area contributed by atoms with E-state index >= 15 is 0 Å². The van der Waals surface area contributed by atoms with Gasteiger partial charge in [0.2, 0.25) is 0 Å². The van der Waals surface area contributed by atoms with Crippen molar-refractivity contribution in [2.45, 2.75) is 86.2 Å². The zero-order valence-corrected chi connectivity index (χ0v) is 16.9. The minimum atomic E-state index is -0.00350. The Bertz CT molecular complexity index is 451. The standard InChI is InChI=1S/C22H40O/c1-9-10-15-11-14(2)18-16-12-17(19(15)18)22(7,21(16,5)6)13-20(3,4)23-8/h14-19H,9-13H2,1-8H3. The Labute approximate surface area is 144 Å². The van der Waals surface area contributed by atoms with Crippen molar-refractivity contribution in [3.63, 3.8) is 0 Å². The SMILES string of the molecule is CCCC1CC(C)C2C1C1CC2C(C)(C)C1(C)CC(C)(C)OC. The summed E-state index contributed by atoms with van der Waals surface area (Å²) in [6.07, 6.45) is 7.01. The van der Waals surface area contributed by atoms with Crippen LogP contribution in [-0.2, 0) is 4.74 Å². The molecular weight excluding hydrogens is 280 g/mol. The van der Waals surface area contributed by atoms with Gasteiger partial charge in [0.1, 0.15) is 0 Å². The van der Waals surface area contributed by atoms with E-state index in [1.165, 1.54) is 32.1 Å². The van der Waals surface area contributed by atoms with E-state index in [0.29, 0.717) is 10.8 Å². The summed E-state index contributed by atoms with van der Waals surface area (Å²) in [6, 6.07) is 0. The smallest absolute Gasteiger partial charge is 0.0628 e. The molecule has 0 aromatic carbocycles. The molecule has 1 heteroatoms. The highest BCUT2D eigenvalue weighted by molar-refractivity contribution is 5.18. The van der Waals surface area contributed by atoms with Gasteiger partial charge in [0.15, 0.2) is 0 Å². The molecule has 3 saturated carbocycles. The summed E-state index contributed by atoms with van der Waals surface area (Å²) in [5, 5.41) is 0. The van der Waals surface area contributed by atoms with Gasteiger partial charge in [-0.1, -0.05) is 47.5 Å². The molecule has 0 spiro atoms. The van der Waals surface area contributed by atoms with Crippen molar-refractivity contribution in [2.24, 2.45) is 46.3 Å². The van der Waals surface area contributed by atoms with Gasteiger partial charge in [0.05, 0.1) is 5.60 Å². The molecule has 23 heavy (non-hydrogen) atoms. The van der Waals surface area contributed by atoms with Gasteiger partial charge in [-0.05, 0) is 79.4 Å². The molecule has 2 bridgehead atoms. The molecular formula is C22H40O. The van der Waals surface area contributed by atoms with Crippen LogP contribution in [0.5, 0.6) is 0 Å². The molecule has 7 atom stereocenters. The highest BCUT2D eigenvalue weighted by atomic mass is 16.5. The molecule has 0 radical (unpaired) electrons.